The smallest absolute Gasteiger partial charge is 0.268 e. The molecular weight excluding hydrogens is 472 g/mol. The average molecular weight is 505 g/mol. The van der Waals surface area contributed by atoms with E-state index in [-0.39, 0.29) is 16.7 Å². The number of fused-ring (bicyclic) bond motifs is 1. The third-order valence-corrected chi connectivity index (χ3v) is 10.3. The third-order valence-electron chi connectivity index (χ3n) is 7.36. The molecule has 0 aromatic heterocycles. The van der Waals surface area contributed by atoms with Crippen LogP contribution in [-0.2, 0) is 20.2 Å². The number of likely N-dealkylation sites (tertiary alicyclic amines) is 1. The van der Waals surface area contributed by atoms with Gasteiger partial charge < -0.3 is 0 Å². The lowest BCUT2D eigenvalue weighted by Gasteiger charge is -2.39. The SMILES string of the molecule is Cc1ccc(S(=O)(=O)N2C3=CC(=O)C[C@@H]4N(CC#CC[Si](C)(C)C)CC[C@]34c3ccccc32)cc1. The van der Waals surface area contributed by atoms with Crippen LogP contribution < -0.4 is 4.31 Å². The molecule has 0 bridgehead atoms. The van der Waals surface area contributed by atoms with E-state index < -0.39 is 23.5 Å². The van der Waals surface area contributed by atoms with Crippen molar-refractivity contribution in [2.45, 2.75) is 61.8 Å². The van der Waals surface area contributed by atoms with Gasteiger partial charge in [-0.15, -0.1) is 5.92 Å². The predicted octanol–water partition coefficient (Wildman–Crippen LogP) is 4.71. The van der Waals surface area contributed by atoms with Crippen molar-refractivity contribution in [3.63, 3.8) is 0 Å². The van der Waals surface area contributed by atoms with Crippen molar-refractivity contribution in [2.24, 2.45) is 0 Å². The summed E-state index contributed by atoms with van der Waals surface area (Å²) in [7, 11) is -5.13. The molecule has 0 amide bonds. The zero-order valence-corrected chi connectivity index (χ0v) is 22.7. The Labute approximate surface area is 209 Å². The summed E-state index contributed by atoms with van der Waals surface area (Å²) in [5.74, 6) is 6.68. The zero-order valence-electron chi connectivity index (χ0n) is 20.8. The van der Waals surface area contributed by atoms with Crippen molar-refractivity contribution in [3.05, 3.63) is 71.4 Å². The van der Waals surface area contributed by atoms with Crippen LogP contribution in [0.15, 0.2) is 65.2 Å². The van der Waals surface area contributed by atoms with Crippen molar-refractivity contribution in [1.29, 1.82) is 0 Å². The second kappa shape index (κ2) is 8.47. The normalized spacial score (nSPS) is 23.8. The lowest BCUT2D eigenvalue weighted by atomic mass is 9.69. The summed E-state index contributed by atoms with van der Waals surface area (Å²) in [4.78, 5) is 15.5. The van der Waals surface area contributed by atoms with Gasteiger partial charge in [-0.3, -0.25) is 9.69 Å². The second-order valence-electron chi connectivity index (χ2n) is 11.1. The van der Waals surface area contributed by atoms with Gasteiger partial charge in [0.25, 0.3) is 10.0 Å². The highest BCUT2D eigenvalue weighted by molar-refractivity contribution is 7.93. The molecule has 1 spiro atoms. The number of nitrogens with zero attached hydrogens (tertiary/aromatic N) is 2. The fourth-order valence-electron chi connectivity index (χ4n) is 5.69. The van der Waals surface area contributed by atoms with E-state index in [0.717, 1.165) is 30.1 Å². The molecule has 1 aliphatic carbocycles. The number of carbonyl (C=O) groups is 1. The second-order valence-corrected chi connectivity index (χ2v) is 18.4. The molecule has 0 saturated carbocycles. The van der Waals surface area contributed by atoms with Crippen molar-refractivity contribution >= 4 is 29.6 Å². The Morgan fingerprint density at radius 3 is 2.49 bits per heavy atom. The van der Waals surface area contributed by atoms with E-state index in [0.29, 0.717) is 24.4 Å². The first-order valence-electron chi connectivity index (χ1n) is 12.2. The van der Waals surface area contributed by atoms with Gasteiger partial charge >= 0.3 is 0 Å². The van der Waals surface area contributed by atoms with Gasteiger partial charge in [0.2, 0.25) is 0 Å². The molecule has 182 valence electrons. The van der Waals surface area contributed by atoms with Crippen LogP contribution in [-0.4, -0.2) is 46.3 Å². The van der Waals surface area contributed by atoms with Gasteiger partial charge in [0.15, 0.2) is 5.78 Å². The average Bonchev–Trinajstić information content (AvgIpc) is 3.30. The van der Waals surface area contributed by atoms with E-state index in [1.165, 1.54) is 4.31 Å². The molecule has 35 heavy (non-hydrogen) atoms. The largest absolute Gasteiger partial charge is 0.295 e. The molecule has 0 N–H and O–H groups in total. The summed E-state index contributed by atoms with van der Waals surface area (Å²) < 4.78 is 29.4. The van der Waals surface area contributed by atoms with Gasteiger partial charge in [-0.1, -0.05) is 61.5 Å². The summed E-state index contributed by atoms with van der Waals surface area (Å²) in [5.41, 5.74) is 2.72. The molecule has 2 atom stereocenters. The first kappa shape index (κ1) is 24.0. The van der Waals surface area contributed by atoms with Crippen LogP contribution in [0.2, 0.25) is 25.7 Å². The predicted molar refractivity (Wildman–Crippen MR) is 143 cm³/mol. The summed E-state index contributed by atoms with van der Waals surface area (Å²) >= 11 is 0. The Kier molecular flexibility index (Phi) is 5.82. The molecule has 2 aromatic rings. The molecule has 0 unspecified atom stereocenters. The van der Waals surface area contributed by atoms with Gasteiger partial charge in [0.1, 0.15) is 0 Å². The lowest BCUT2D eigenvalue weighted by Crippen LogP contribution is -2.48. The molecule has 5 rings (SSSR count). The highest BCUT2D eigenvalue weighted by Crippen LogP contribution is 2.59. The molecule has 1 saturated heterocycles. The first-order chi connectivity index (χ1) is 16.5. The minimum Gasteiger partial charge on any atom is -0.295 e. The Morgan fingerprint density at radius 1 is 1.06 bits per heavy atom. The summed E-state index contributed by atoms with van der Waals surface area (Å²) in [6, 6.07) is 15.5. The fourth-order valence-corrected chi connectivity index (χ4v) is 7.92. The maximum Gasteiger partial charge on any atom is 0.268 e. The Morgan fingerprint density at radius 2 is 1.77 bits per heavy atom. The van der Waals surface area contributed by atoms with Crippen molar-refractivity contribution < 1.29 is 13.2 Å². The number of carbonyl (C=O) groups excluding carboxylic acids is 1. The molecular formula is C28H32N2O3SSi. The number of ketones is 1. The molecule has 3 aliphatic rings. The van der Waals surface area contributed by atoms with Crippen molar-refractivity contribution in [2.75, 3.05) is 17.4 Å². The van der Waals surface area contributed by atoms with Crippen molar-refractivity contribution in [3.8, 4) is 11.8 Å². The standard InChI is InChI=1S/C28H32N2O3SSi/c1-21-11-13-23(14-12-21)34(32,33)30-25-10-6-5-9-24(25)28-15-17-29(16-7-8-18-35(2,3)4)26(28)19-22(31)20-27(28)30/h5-6,9-14,20,26H,15-19H2,1-4H3/t26-,28+/m0/s1. The van der Waals surface area contributed by atoms with Crippen LogP contribution in [0, 0.1) is 18.8 Å². The third kappa shape index (κ3) is 3.98. The maximum absolute atomic E-state index is 14.0. The van der Waals surface area contributed by atoms with Gasteiger partial charge in [0.05, 0.1) is 36.3 Å². The Bertz CT molecular complexity index is 1380. The van der Waals surface area contributed by atoms with Gasteiger partial charge in [-0.05, 0) is 37.1 Å². The summed E-state index contributed by atoms with van der Waals surface area (Å²) in [6.07, 6.45) is 2.73. The minimum absolute atomic E-state index is 0.0282. The molecule has 1 fully saturated rings. The van der Waals surface area contributed by atoms with E-state index in [1.807, 2.05) is 43.3 Å². The molecule has 2 aromatic carbocycles. The van der Waals surface area contributed by atoms with Crippen LogP contribution in [0.3, 0.4) is 0 Å². The number of allylic oxidation sites excluding steroid dienone is 1. The number of para-hydroxylation sites is 1. The number of sulfonamides is 1. The van der Waals surface area contributed by atoms with Gasteiger partial charge in [0, 0.05) is 31.1 Å². The number of hydrogen-bond donors (Lipinski definition) is 0. The summed E-state index contributed by atoms with van der Waals surface area (Å²) in [5, 5.41) is 0. The van der Waals surface area contributed by atoms with E-state index in [4.69, 9.17) is 0 Å². The number of aryl methyl sites for hydroxylation is 1. The van der Waals surface area contributed by atoms with Crippen LogP contribution in [0.5, 0.6) is 0 Å². The maximum atomic E-state index is 14.0. The Hall–Kier alpha value is -2.66. The van der Waals surface area contributed by atoms with Gasteiger partial charge in [-0.25, -0.2) is 12.7 Å². The van der Waals surface area contributed by atoms with Crippen LogP contribution in [0.4, 0.5) is 5.69 Å². The number of benzene rings is 2. The first-order valence-corrected chi connectivity index (χ1v) is 17.3. The highest BCUT2D eigenvalue weighted by atomic mass is 32.2. The number of anilines is 1. The number of rotatable bonds is 4. The number of hydrogen-bond acceptors (Lipinski definition) is 4. The minimum atomic E-state index is -3.89. The van der Waals surface area contributed by atoms with Crippen LogP contribution >= 0.6 is 0 Å². The molecule has 2 aliphatic heterocycles. The molecule has 7 heteroatoms. The lowest BCUT2D eigenvalue weighted by molar-refractivity contribution is -0.116. The molecule has 2 heterocycles. The molecule has 5 nitrogen and oxygen atoms in total. The Balaban J connectivity index is 1.59. The topological polar surface area (TPSA) is 57.7 Å². The van der Waals surface area contributed by atoms with E-state index in [9.17, 15) is 13.2 Å². The van der Waals surface area contributed by atoms with Gasteiger partial charge in [-0.2, -0.15) is 0 Å². The zero-order chi connectivity index (χ0) is 25.0. The van der Waals surface area contributed by atoms with E-state index in [1.54, 1.807) is 18.2 Å². The van der Waals surface area contributed by atoms with E-state index >= 15 is 0 Å². The monoisotopic (exact) mass is 504 g/mol. The quantitative estimate of drug-likeness (QED) is 0.447. The van der Waals surface area contributed by atoms with Crippen molar-refractivity contribution in [1.82, 2.24) is 4.90 Å². The van der Waals surface area contributed by atoms with E-state index in [2.05, 4.69) is 36.4 Å². The fraction of sp³-hybridized carbons (Fsp3) is 0.393. The summed E-state index contributed by atoms with van der Waals surface area (Å²) in [6.45, 7) is 10.2. The van der Waals surface area contributed by atoms with Crippen LogP contribution in [0.25, 0.3) is 0 Å². The highest BCUT2D eigenvalue weighted by Gasteiger charge is 2.61. The van der Waals surface area contributed by atoms with Crippen LogP contribution in [0.1, 0.15) is 24.0 Å². The molecule has 0 radical (unpaired) electrons.